The molecular weight excluding hydrogens is 238 g/mol. The summed E-state index contributed by atoms with van der Waals surface area (Å²) in [4.78, 5) is 15.7. The number of rotatable bonds is 4. The summed E-state index contributed by atoms with van der Waals surface area (Å²) in [5, 5.41) is 10.3. The first-order chi connectivity index (χ1) is 7.95. The highest BCUT2D eigenvalue weighted by Crippen LogP contribution is 2.24. The zero-order chi connectivity index (χ0) is 13.0. The van der Waals surface area contributed by atoms with E-state index in [0.29, 0.717) is 11.3 Å². The minimum atomic E-state index is -0.401. The molecule has 1 N–H and O–H groups in total. The first-order valence-electron chi connectivity index (χ1n) is 5.36. The molecule has 0 aliphatic carbocycles. The van der Waals surface area contributed by atoms with Gasteiger partial charge >= 0.3 is 5.97 Å². The van der Waals surface area contributed by atoms with Crippen molar-refractivity contribution in [3.8, 4) is 0 Å². The van der Waals surface area contributed by atoms with E-state index in [1.165, 1.54) is 18.9 Å². The van der Waals surface area contributed by atoms with Gasteiger partial charge in [-0.2, -0.15) is 0 Å². The molecule has 1 aromatic rings. The molecule has 0 fully saturated rings. The lowest BCUT2D eigenvalue weighted by molar-refractivity contribution is 0.0599. The molecule has 2 unspecified atom stereocenters. The topological polar surface area (TPSA) is 59.4 Å². The number of carbonyl (C=O) groups excluding carboxylic acids is 1. The Bertz CT molecular complexity index is 407. The lowest BCUT2D eigenvalue weighted by Gasteiger charge is -2.14. The van der Waals surface area contributed by atoms with Crippen LogP contribution in [-0.2, 0) is 4.74 Å². The molecule has 94 valence electrons. The van der Waals surface area contributed by atoms with Crippen molar-refractivity contribution in [3.05, 3.63) is 23.4 Å². The van der Waals surface area contributed by atoms with Crippen LogP contribution in [0.3, 0.4) is 0 Å². The van der Waals surface area contributed by atoms with E-state index in [-0.39, 0.29) is 11.2 Å². The van der Waals surface area contributed by atoms with E-state index in [2.05, 4.69) is 9.72 Å². The summed E-state index contributed by atoms with van der Waals surface area (Å²) in [5.41, 5.74) is 1.11. The number of hydrogen-bond donors (Lipinski definition) is 1. The maximum Gasteiger partial charge on any atom is 0.339 e. The fourth-order valence-electron chi connectivity index (χ4n) is 1.22. The van der Waals surface area contributed by atoms with Gasteiger partial charge in [-0.3, -0.25) is 0 Å². The van der Waals surface area contributed by atoms with Crippen LogP contribution < -0.4 is 0 Å². The van der Waals surface area contributed by atoms with E-state index in [1.807, 2.05) is 6.92 Å². The summed E-state index contributed by atoms with van der Waals surface area (Å²) < 4.78 is 4.65. The fraction of sp³-hybridized carbons (Fsp3) is 0.500. The van der Waals surface area contributed by atoms with E-state index >= 15 is 0 Å². The second kappa shape index (κ2) is 6.02. The van der Waals surface area contributed by atoms with Crippen LogP contribution in [0.1, 0.15) is 29.9 Å². The second-order valence-corrected chi connectivity index (χ2v) is 5.24. The van der Waals surface area contributed by atoms with Gasteiger partial charge in [-0.05, 0) is 26.0 Å². The maximum absolute atomic E-state index is 11.4. The molecule has 17 heavy (non-hydrogen) atoms. The van der Waals surface area contributed by atoms with Crippen LogP contribution in [0.5, 0.6) is 0 Å². The quantitative estimate of drug-likeness (QED) is 0.659. The Morgan fingerprint density at radius 1 is 1.47 bits per heavy atom. The van der Waals surface area contributed by atoms with Gasteiger partial charge in [0.15, 0.2) is 0 Å². The SMILES string of the molecule is COC(=O)c1ccc(SC(C)C(C)O)nc1C. The summed E-state index contributed by atoms with van der Waals surface area (Å²) in [7, 11) is 1.35. The minimum Gasteiger partial charge on any atom is -0.465 e. The number of aromatic nitrogens is 1. The van der Waals surface area contributed by atoms with Crippen LogP contribution in [0.2, 0.25) is 0 Å². The molecule has 1 aromatic heterocycles. The Hall–Kier alpha value is -1.07. The summed E-state index contributed by atoms with van der Waals surface area (Å²) in [6.45, 7) is 5.44. The van der Waals surface area contributed by atoms with E-state index in [1.54, 1.807) is 26.0 Å². The lowest BCUT2D eigenvalue weighted by Crippen LogP contribution is -2.15. The summed E-state index contributed by atoms with van der Waals surface area (Å²) in [6.07, 6.45) is -0.401. The van der Waals surface area contributed by atoms with E-state index in [0.717, 1.165) is 5.03 Å². The van der Waals surface area contributed by atoms with Crippen LogP contribution in [0, 0.1) is 6.92 Å². The van der Waals surface area contributed by atoms with Crippen LogP contribution in [0.4, 0.5) is 0 Å². The van der Waals surface area contributed by atoms with Crippen LogP contribution in [-0.4, -0.2) is 34.5 Å². The molecule has 0 bridgehead atoms. The van der Waals surface area contributed by atoms with Crippen molar-refractivity contribution in [1.82, 2.24) is 4.98 Å². The van der Waals surface area contributed by atoms with Crippen molar-refractivity contribution >= 4 is 17.7 Å². The molecule has 1 heterocycles. The standard InChI is InChI=1S/C12H17NO3S/c1-7-10(12(15)16-4)5-6-11(13-7)17-9(3)8(2)14/h5-6,8-9,14H,1-4H3. The average molecular weight is 255 g/mol. The molecular formula is C12H17NO3S. The lowest BCUT2D eigenvalue weighted by atomic mass is 10.2. The number of aliphatic hydroxyl groups is 1. The molecule has 1 rings (SSSR count). The number of aryl methyl sites for hydroxylation is 1. The second-order valence-electron chi connectivity index (χ2n) is 3.84. The molecule has 0 amide bonds. The Labute approximate surface area is 105 Å². The van der Waals surface area contributed by atoms with Crippen molar-refractivity contribution in [1.29, 1.82) is 0 Å². The summed E-state index contributed by atoms with van der Waals surface area (Å²) in [5.74, 6) is -0.380. The molecule has 2 atom stereocenters. The molecule has 5 heteroatoms. The van der Waals surface area contributed by atoms with Crippen molar-refractivity contribution in [2.24, 2.45) is 0 Å². The number of nitrogens with zero attached hydrogens (tertiary/aromatic N) is 1. The third-order valence-corrected chi connectivity index (χ3v) is 3.69. The molecule has 0 aromatic carbocycles. The molecule has 0 aliphatic heterocycles. The predicted molar refractivity (Wildman–Crippen MR) is 67.3 cm³/mol. The fourth-order valence-corrected chi connectivity index (χ4v) is 2.13. The Balaban J connectivity index is 2.86. The molecule has 0 saturated carbocycles. The Morgan fingerprint density at radius 2 is 2.12 bits per heavy atom. The van der Waals surface area contributed by atoms with Gasteiger partial charge < -0.3 is 9.84 Å². The number of aliphatic hydroxyl groups excluding tert-OH is 1. The van der Waals surface area contributed by atoms with Gasteiger partial charge in [0, 0.05) is 5.25 Å². The number of thioether (sulfide) groups is 1. The third kappa shape index (κ3) is 3.71. The first kappa shape index (κ1) is 14.0. The maximum atomic E-state index is 11.4. The highest BCUT2D eigenvalue weighted by atomic mass is 32.2. The van der Waals surface area contributed by atoms with Gasteiger partial charge in [-0.1, -0.05) is 6.92 Å². The summed E-state index contributed by atoms with van der Waals surface area (Å²) in [6, 6.07) is 3.47. The molecule has 0 saturated heterocycles. The molecule has 4 nitrogen and oxygen atoms in total. The number of pyridine rings is 1. The number of carbonyl (C=O) groups is 1. The number of ether oxygens (including phenoxy) is 1. The van der Waals surface area contributed by atoms with E-state index < -0.39 is 6.10 Å². The van der Waals surface area contributed by atoms with E-state index in [4.69, 9.17) is 0 Å². The van der Waals surface area contributed by atoms with Gasteiger partial charge in [0.1, 0.15) is 0 Å². The molecule has 0 radical (unpaired) electrons. The molecule has 0 spiro atoms. The average Bonchev–Trinajstić information content (AvgIpc) is 2.28. The van der Waals surface area contributed by atoms with Crippen LogP contribution in [0.15, 0.2) is 17.2 Å². The number of esters is 1. The van der Waals surface area contributed by atoms with Gasteiger partial charge in [0.05, 0.1) is 29.5 Å². The van der Waals surface area contributed by atoms with Gasteiger partial charge in [0.2, 0.25) is 0 Å². The van der Waals surface area contributed by atoms with Crippen molar-refractivity contribution in [2.75, 3.05) is 7.11 Å². The van der Waals surface area contributed by atoms with Crippen molar-refractivity contribution in [2.45, 2.75) is 37.2 Å². The van der Waals surface area contributed by atoms with E-state index in [9.17, 15) is 9.90 Å². The van der Waals surface area contributed by atoms with Crippen molar-refractivity contribution in [3.63, 3.8) is 0 Å². The normalized spacial score (nSPS) is 14.2. The third-order valence-electron chi connectivity index (χ3n) is 2.45. The highest BCUT2D eigenvalue weighted by Gasteiger charge is 2.14. The summed E-state index contributed by atoms with van der Waals surface area (Å²) >= 11 is 1.48. The zero-order valence-electron chi connectivity index (χ0n) is 10.4. The highest BCUT2D eigenvalue weighted by molar-refractivity contribution is 7.99. The largest absolute Gasteiger partial charge is 0.465 e. The van der Waals surface area contributed by atoms with Gasteiger partial charge in [-0.25, -0.2) is 9.78 Å². The number of methoxy groups -OCH3 is 1. The monoisotopic (exact) mass is 255 g/mol. The smallest absolute Gasteiger partial charge is 0.339 e. The molecule has 0 aliphatic rings. The van der Waals surface area contributed by atoms with Crippen molar-refractivity contribution < 1.29 is 14.6 Å². The van der Waals surface area contributed by atoms with Gasteiger partial charge in [0.25, 0.3) is 0 Å². The predicted octanol–water partition coefficient (Wildman–Crippen LogP) is 2.04. The Morgan fingerprint density at radius 3 is 2.59 bits per heavy atom. The van der Waals surface area contributed by atoms with Crippen LogP contribution in [0.25, 0.3) is 0 Å². The van der Waals surface area contributed by atoms with Gasteiger partial charge in [-0.15, -0.1) is 11.8 Å². The minimum absolute atomic E-state index is 0.0610. The number of hydrogen-bond acceptors (Lipinski definition) is 5. The first-order valence-corrected chi connectivity index (χ1v) is 6.24. The zero-order valence-corrected chi connectivity index (χ0v) is 11.2. The van der Waals surface area contributed by atoms with Crippen LogP contribution >= 0.6 is 11.8 Å². The Kier molecular flexibility index (Phi) is 4.96.